The van der Waals surface area contributed by atoms with Gasteiger partial charge in [-0.05, 0) is 48.1 Å². The van der Waals surface area contributed by atoms with E-state index in [1.807, 2.05) is 22.7 Å². The second kappa shape index (κ2) is 12.9. The molecule has 5 rings (SSSR count). The number of rotatable bonds is 14. The van der Waals surface area contributed by atoms with Gasteiger partial charge < -0.3 is 4.74 Å². The second-order valence-corrected chi connectivity index (χ2v) is 12.2. The smallest absolute Gasteiger partial charge is 0.0542 e. The van der Waals surface area contributed by atoms with Crippen LogP contribution in [0.5, 0.6) is 0 Å². The minimum absolute atomic E-state index is 0.921. The van der Waals surface area contributed by atoms with Crippen molar-refractivity contribution in [1.82, 2.24) is 0 Å². The fourth-order valence-electron chi connectivity index (χ4n) is 5.26. The van der Waals surface area contributed by atoms with Crippen LogP contribution >= 0.6 is 22.7 Å². The number of methoxy groups -OCH3 is 1. The van der Waals surface area contributed by atoms with Crippen molar-refractivity contribution in [3.05, 3.63) is 72.3 Å². The third-order valence-corrected chi connectivity index (χ3v) is 9.82. The Morgan fingerprint density at radius 1 is 0.556 bits per heavy atom. The van der Waals surface area contributed by atoms with Crippen LogP contribution in [-0.2, 0) is 11.2 Å². The molecule has 0 aliphatic heterocycles. The van der Waals surface area contributed by atoms with Crippen LogP contribution in [0.2, 0.25) is 0 Å². The molecular formula is C33H38OS2. The maximum absolute atomic E-state index is 5.12. The van der Waals surface area contributed by atoms with Crippen LogP contribution in [0, 0.1) is 0 Å². The first-order chi connectivity index (χ1) is 17.8. The summed E-state index contributed by atoms with van der Waals surface area (Å²) in [4.78, 5) is 0. The summed E-state index contributed by atoms with van der Waals surface area (Å²) >= 11 is 3.93. The van der Waals surface area contributed by atoms with Gasteiger partial charge in [0.1, 0.15) is 0 Å². The summed E-state index contributed by atoms with van der Waals surface area (Å²) in [6.07, 6.45) is 14.8. The van der Waals surface area contributed by atoms with Gasteiger partial charge in [-0.15, -0.1) is 22.7 Å². The minimum Gasteiger partial charge on any atom is -0.385 e. The van der Waals surface area contributed by atoms with E-state index in [0.717, 1.165) is 6.61 Å². The second-order valence-electron chi connectivity index (χ2n) is 10.0. The molecule has 0 saturated carbocycles. The van der Waals surface area contributed by atoms with Gasteiger partial charge in [0.2, 0.25) is 0 Å². The Bertz CT molecular complexity index is 1380. The summed E-state index contributed by atoms with van der Waals surface area (Å²) < 4.78 is 10.9. The van der Waals surface area contributed by atoms with Crippen LogP contribution in [0.25, 0.3) is 40.7 Å². The number of hydrogen-bond donors (Lipinski definition) is 0. The fourth-order valence-corrected chi connectivity index (χ4v) is 8.01. The number of unbranched alkanes of at least 4 members (excludes halogenated alkanes) is 9. The minimum atomic E-state index is 0.921. The number of aryl methyl sites for hydroxylation is 1. The van der Waals surface area contributed by atoms with E-state index >= 15 is 0 Å². The van der Waals surface area contributed by atoms with Crippen LogP contribution in [-0.4, -0.2) is 13.7 Å². The maximum Gasteiger partial charge on any atom is 0.0542 e. The molecule has 0 aliphatic carbocycles. The van der Waals surface area contributed by atoms with Crippen molar-refractivity contribution in [3.8, 4) is 11.1 Å². The molecule has 0 spiro atoms. The average molecular weight is 515 g/mol. The molecule has 0 atom stereocenters. The molecule has 0 aliphatic rings. The average Bonchev–Trinajstić information content (AvgIpc) is 3.45. The fraction of sp³-hybridized carbons (Fsp3) is 0.394. The first kappa shape index (κ1) is 25.4. The van der Waals surface area contributed by atoms with Crippen LogP contribution in [0.15, 0.2) is 66.7 Å². The zero-order valence-corrected chi connectivity index (χ0v) is 23.2. The topological polar surface area (TPSA) is 9.23 Å². The Kier molecular flexibility index (Phi) is 9.09. The third kappa shape index (κ3) is 6.19. The first-order valence-electron chi connectivity index (χ1n) is 13.8. The van der Waals surface area contributed by atoms with Gasteiger partial charge in [-0.3, -0.25) is 0 Å². The predicted octanol–water partition coefficient (Wildman–Crippen LogP) is 11.0. The van der Waals surface area contributed by atoms with Gasteiger partial charge in [-0.1, -0.05) is 106 Å². The monoisotopic (exact) mass is 514 g/mol. The van der Waals surface area contributed by atoms with E-state index in [1.165, 1.54) is 117 Å². The molecular weight excluding hydrogens is 476 g/mol. The summed E-state index contributed by atoms with van der Waals surface area (Å²) in [5.74, 6) is 0. The van der Waals surface area contributed by atoms with Gasteiger partial charge in [0.15, 0.2) is 0 Å². The Morgan fingerprint density at radius 2 is 1.14 bits per heavy atom. The zero-order chi connectivity index (χ0) is 24.6. The quantitative estimate of drug-likeness (QED) is 0.134. The molecule has 2 aromatic heterocycles. The van der Waals surface area contributed by atoms with Gasteiger partial charge in [-0.25, -0.2) is 0 Å². The largest absolute Gasteiger partial charge is 0.385 e. The molecule has 36 heavy (non-hydrogen) atoms. The Labute approximate surface area is 224 Å². The molecule has 0 radical (unpaired) electrons. The molecule has 0 amide bonds. The molecule has 0 fully saturated rings. The van der Waals surface area contributed by atoms with E-state index < -0.39 is 0 Å². The molecule has 0 unspecified atom stereocenters. The third-order valence-electron chi connectivity index (χ3n) is 7.32. The van der Waals surface area contributed by atoms with E-state index in [-0.39, 0.29) is 0 Å². The van der Waals surface area contributed by atoms with Crippen LogP contribution in [0.1, 0.15) is 69.8 Å². The molecule has 3 aromatic carbocycles. The molecule has 0 saturated heterocycles. The van der Waals surface area contributed by atoms with Crippen LogP contribution < -0.4 is 0 Å². The van der Waals surface area contributed by atoms with Gasteiger partial charge in [0.25, 0.3) is 0 Å². The van der Waals surface area contributed by atoms with E-state index in [0.29, 0.717) is 0 Å². The molecule has 3 heteroatoms. The lowest BCUT2D eigenvalue weighted by molar-refractivity contribution is 0.192. The number of benzene rings is 3. The predicted molar refractivity (Wildman–Crippen MR) is 162 cm³/mol. The molecule has 5 aromatic rings. The van der Waals surface area contributed by atoms with E-state index in [9.17, 15) is 0 Å². The van der Waals surface area contributed by atoms with Crippen molar-refractivity contribution in [2.45, 2.75) is 70.6 Å². The van der Waals surface area contributed by atoms with Crippen molar-refractivity contribution in [2.75, 3.05) is 13.7 Å². The van der Waals surface area contributed by atoms with Crippen molar-refractivity contribution < 1.29 is 4.74 Å². The van der Waals surface area contributed by atoms with Crippen molar-refractivity contribution in [2.24, 2.45) is 0 Å². The first-order valence-corrected chi connectivity index (χ1v) is 15.4. The summed E-state index contributed by atoms with van der Waals surface area (Å²) in [5, 5.41) is 2.84. The normalized spacial score (nSPS) is 11.8. The van der Waals surface area contributed by atoms with E-state index in [4.69, 9.17) is 4.74 Å². The van der Waals surface area contributed by atoms with E-state index in [1.54, 1.807) is 7.11 Å². The van der Waals surface area contributed by atoms with Gasteiger partial charge in [0.05, 0.1) is 9.40 Å². The van der Waals surface area contributed by atoms with Crippen LogP contribution in [0.3, 0.4) is 0 Å². The highest BCUT2D eigenvalue weighted by molar-refractivity contribution is 7.36. The number of ether oxygens (including phenoxy) is 1. The lowest BCUT2D eigenvalue weighted by Gasteiger charge is -2.04. The Morgan fingerprint density at radius 3 is 1.81 bits per heavy atom. The highest BCUT2D eigenvalue weighted by atomic mass is 32.1. The zero-order valence-electron chi connectivity index (χ0n) is 21.6. The van der Waals surface area contributed by atoms with Gasteiger partial charge in [0, 0.05) is 33.9 Å². The molecule has 0 bridgehead atoms. The van der Waals surface area contributed by atoms with Crippen molar-refractivity contribution in [1.29, 1.82) is 0 Å². The molecule has 0 N–H and O–H groups in total. The summed E-state index contributed by atoms with van der Waals surface area (Å²) in [5.41, 5.74) is 4.10. The van der Waals surface area contributed by atoms with Gasteiger partial charge in [-0.2, -0.15) is 0 Å². The Hall–Kier alpha value is -2.20. The molecule has 2 heterocycles. The highest BCUT2D eigenvalue weighted by Gasteiger charge is 2.13. The van der Waals surface area contributed by atoms with Crippen LogP contribution in [0.4, 0.5) is 0 Å². The number of hydrogen-bond acceptors (Lipinski definition) is 3. The number of fused-ring (bicyclic) bond motifs is 5. The van der Waals surface area contributed by atoms with Crippen molar-refractivity contribution >= 4 is 52.2 Å². The molecule has 1 nitrogen and oxygen atoms in total. The lowest BCUT2D eigenvalue weighted by atomic mass is 10.0. The summed E-state index contributed by atoms with van der Waals surface area (Å²) in [6, 6.07) is 24.9. The standard InChI is InChI=1S/C33H38OS2/c1-34-22-14-9-7-5-3-2-4-6-8-11-15-25-18-20-28-30(23-25)35-33-29-21-19-27(24-31(29)36-32(28)33)26-16-12-10-13-17-26/h10,12-13,16-21,23-24H,2-9,11,14-15,22H2,1H3. The number of thiophene rings is 2. The van der Waals surface area contributed by atoms with E-state index in [2.05, 4.69) is 66.7 Å². The molecule has 188 valence electrons. The highest BCUT2D eigenvalue weighted by Crippen LogP contribution is 2.45. The van der Waals surface area contributed by atoms with Crippen molar-refractivity contribution in [3.63, 3.8) is 0 Å². The summed E-state index contributed by atoms with van der Waals surface area (Å²) in [6.45, 7) is 0.921. The Balaban J connectivity index is 1.13. The lowest BCUT2D eigenvalue weighted by Crippen LogP contribution is -1.88. The maximum atomic E-state index is 5.12. The van der Waals surface area contributed by atoms with Gasteiger partial charge >= 0.3 is 0 Å². The summed E-state index contributed by atoms with van der Waals surface area (Å²) in [7, 11) is 1.80. The SMILES string of the molecule is COCCCCCCCCCCCCc1ccc2c(c1)sc1c3ccc(-c4ccccc4)cc3sc21.